The number of aliphatic carboxylic acids is 1. The van der Waals surface area contributed by atoms with Gasteiger partial charge < -0.3 is 14.7 Å². The van der Waals surface area contributed by atoms with Gasteiger partial charge in [0.25, 0.3) is 0 Å². The van der Waals surface area contributed by atoms with Crippen LogP contribution in [-0.4, -0.2) is 60.3 Å². The van der Waals surface area contributed by atoms with Crippen molar-refractivity contribution in [1.82, 2.24) is 9.88 Å². The molecular weight excluding hydrogens is 435 g/mol. The Morgan fingerprint density at radius 1 is 1.12 bits per heavy atom. The highest BCUT2D eigenvalue weighted by Gasteiger charge is 2.34. The number of ether oxygens (including phenoxy) is 1. The molecule has 0 amide bonds. The molecule has 1 unspecified atom stereocenters. The van der Waals surface area contributed by atoms with Crippen molar-refractivity contribution < 1.29 is 27.8 Å². The smallest absolute Gasteiger partial charge is 0.433 e. The Balaban J connectivity index is 1.69. The number of carboxylic acids is 1. The molecule has 2 aromatic carbocycles. The fraction of sp³-hybridized carbons (Fsp3) is 0.333. The Labute approximate surface area is 189 Å². The highest BCUT2D eigenvalue weighted by atomic mass is 19.4. The molecule has 1 atom stereocenters. The van der Waals surface area contributed by atoms with E-state index in [-0.39, 0.29) is 23.9 Å². The van der Waals surface area contributed by atoms with Crippen LogP contribution < -0.4 is 9.64 Å². The van der Waals surface area contributed by atoms with Crippen molar-refractivity contribution in [3.8, 4) is 5.75 Å². The molecule has 1 aliphatic heterocycles. The minimum Gasteiger partial charge on any atom is -0.494 e. The number of benzene rings is 2. The van der Waals surface area contributed by atoms with Gasteiger partial charge in [-0.3, -0.25) is 9.69 Å². The number of alkyl halides is 3. The number of hydrogen-bond donors (Lipinski definition) is 1. The molecule has 9 heteroatoms. The molecular formula is C24H24F3N3O3. The average molecular weight is 459 g/mol. The summed E-state index contributed by atoms with van der Waals surface area (Å²) < 4.78 is 45.0. The first-order valence-corrected chi connectivity index (χ1v) is 10.6. The van der Waals surface area contributed by atoms with E-state index in [1.165, 1.54) is 13.2 Å². The van der Waals surface area contributed by atoms with Gasteiger partial charge in [-0.2, -0.15) is 13.2 Å². The first-order chi connectivity index (χ1) is 15.8. The Hall–Kier alpha value is -3.33. The average Bonchev–Trinajstić information content (AvgIpc) is 2.79. The van der Waals surface area contributed by atoms with Crippen LogP contribution in [0.5, 0.6) is 5.75 Å². The van der Waals surface area contributed by atoms with Crippen LogP contribution in [-0.2, 0) is 17.4 Å². The van der Waals surface area contributed by atoms with Crippen LogP contribution in [0.2, 0.25) is 0 Å². The van der Waals surface area contributed by atoms with Crippen molar-refractivity contribution in [3.05, 3.63) is 65.9 Å². The number of halogens is 3. The predicted octanol–water partition coefficient (Wildman–Crippen LogP) is 4.08. The maximum absolute atomic E-state index is 13.2. The lowest BCUT2D eigenvalue weighted by Gasteiger charge is -2.42. The molecule has 0 bridgehead atoms. The van der Waals surface area contributed by atoms with E-state index < -0.39 is 17.8 Å². The third-order valence-corrected chi connectivity index (χ3v) is 5.91. The number of pyridine rings is 1. The quantitative estimate of drug-likeness (QED) is 0.599. The van der Waals surface area contributed by atoms with Gasteiger partial charge in [-0.05, 0) is 36.2 Å². The molecule has 1 aromatic heterocycles. The number of rotatable bonds is 6. The fourth-order valence-electron chi connectivity index (χ4n) is 4.35. The van der Waals surface area contributed by atoms with Gasteiger partial charge in [0.05, 0.1) is 13.7 Å². The lowest BCUT2D eigenvalue weighted by molar-refractivity contribution is -0.141. The van der Waals surface area contributed by atoms with E-state index in [1.807, 2.05) is 41.3 Å². The number of anilines is 1. The molecule has 1 N–H and O–H groups in total. The number of carbonyl (C=O) groups is 1. The minimum absolute atomic E-state index is 0.0643. The van der Waals surface area contributed by atoms with Gasteiger partial charge in [-0.25, -0.2) is 4.98 Å². The van der Waals surface area contributed by atoms with Gasteiger partial charge >= 0.3 is 12.1 Å². The SMILES string of the molecule is COc1ccc(N2CCN(CC(=O)O)C(Cc3ccccc3)C2)c2ccc(C(F)(F)F)nc12. The standard InChI is InChI=1S/C24H24F3N3O3/c1-33-20-9-8-19(18-7-10-21(24(25,26)27)28-23(18)20)30-12-11-29(15-22(31)32)17(14-30)13-16-5-3-2-4-6-16/h2-10,17H,11-15H2,1H3,(H,31,32). The Bertz CT molecular complexity index is 1140. The molecule has 33 heavy (non-hydrogen) atoms. The predicted molar refractivity (Wildman–Crippen MR) is 119 cm³/mol. The van der Waals surface area contributed by atoms with E-state index in [4.69, 9.17) is 4.74 Å². The van der Waals surface area contributed by atoms with Gasteiger partial charge in [0, 0.05) is 36.7 Å². The number of hydrogen-bond acceptors (Lipinski definition) is 5. The van der Waals surface area contributed by atoms with Crippen molar-refractivity contribution in [3.63, 3.8) is 0 Å². The lowest BCUT2D eigenvalue weighted by atomic mass is 10.0. The maximum Gasteiger partial charge on any atom is 0.433 e. The lowest BCUT2D eigenvalue weighted by Crippen LogP contribution is -2.55. The fourth-order valence-corrected chi connectivity index (χ4v) is 4.35. The molecule has 1 aliphatic rings. The van der Waals surface area contributed by atoms with Gasteiger partial charge in [0.2, 0.25) is 0 Å². The number of methoxy groups -OCH3 is 1. The van der Waals surface area contributed by atoms with Crippen molar-refractivity contribution in [1.29, 1.82) is 0 Å². The zero-order valence-corrected chi connectivity index (χ0v) is 18.0. The molecule has 2 heterocycles. The number of nitrogens with zero attached hydrogens (tertiary/aromatic N) is 3. The summed E-state index contributed by atoms with van der Waals surface area (Å²) in [5.74, 6) is -0.620. The Morgan fingerprint density at radius 2 is 1.88 bits per heavy atom. The van der Waals surface area contributed by atoms with E-state index in [0.717, 1.165) is 17.3 Å². The number of piperazine rings is 1. The normalized spacial score (nSPS) is 17.3. The molecule has 1 fully saturated rings. The summed E-state index contributed by atoms with van der Waals surface area (Å²) in [7, 11) is 1.40. The van der Waals surface area contributed by atoms with Crippen molar-refractivity contribution in [2.75, 3.05) is 38.2 Å². The summed E-state index contributed by atoms with van der Waals surface area (Å²) in [4.78, 5) is 19.3. The topological polar surface area (TPSA) is 65.9 Å². The summed E-state index contributed by atoms with van der Waals surface area (Å²) in [5.41, 5.74) is 1.02. The summed E-state index contributed by atoms with van der Waals surface area (Å²) in [6, 6.07) is 15.6. The molecule has 4 rings (SSSR count). The second kappa shape index (κ2) is 9.27. The van der Waals surface area contributed by atoms with E-state index >= 15 is 0 Å². The first kappa shape index (κ1) is 22.8. The third-order valence-electron chi connectivity index (χ3n) is 5.91. The summed E-state index contributed by atoms with van der Waals surface area (Å²) in [5, 5.41) is 9.92. The van der Waals surface area contributed by atoms with Crippen LogP contribution in [0.25, 0.3) is 10.9 Å². The Morgan fingerprint density at radius 3 is 2.55 bits per heavy atom. The first-order valence-electron chi connectivity index (χ1n) is 10.6. The van der Waals surface area contributed by atoms with E-state index in [2.05, 4.69) is 9.88 Å². The Kier molecular flexibility index (Phi) is 6.42. The summed E-state index contributed by atoms with van der Waals surface area (Å²) in [6.07, 6.45) is -3.90. The zero-order valence-electron chi connectivity index (χ0n) is 18.0. The maximum atomic E-state index is 13.2. The van der Waals surface area contributed by atoms with E-state index in [0.29, 0.717) is 31.4 Å². The summed E-state index contributed by atoms with van der Waals surface area (Å²) in [6.45, 7) is 1.53. The highest BCUT2D eigenvalue weighted by Crippen LogP contribution is 2.37. The van der Waals surface area contributed by atoms with Gasteiger partial charge in [-0.1, -0.05) is 30.3 Å². The molecule has 0 radical (unpaired) electrons. The number of fused-ring (bicyclic) bond motifs is 1. The molecule has 0 aliphatic carbocycles. The molecule has 1 saturated heterocycles. The van der Waals surface area contributed by atoms with Gasteiger partial charge in [0.1, 0.15) is 17.0 Å². The second-order valence-electron chi connectivity index (χ2n) is 8.03. The molecule has 0 saturated carbocycles. The molecule has 3 aromatic rings. The van der Waals surface area contributed by atoms with Crippen molar-refractivity contribution >= 4 is 22.6 Å². The zero-order chi connectivity index (χ0) is 23.6. The third kappa shape index (κ3) is 5.03. The monoisotopic (exact) mass is 459 g/mol. The number of carboxylic acid groups (broad SMARTS) is 1. The van der Waals surface area contributed by atoms with Gasteiger partial charge in [0.15, 0.2) is 0 Å². The van der Waals surface area contributed by atoms with Crippen LogP contribution in [0.3, 0.4) is 0 Å². The van der Waals surface area contributed by atoms with Crippen LogP contribution in [0.15, 0.2) is 54.6 Å². The van der Waals surface area contributed by atoms with Crippen LogP contribution in [0, 0.1) is 0 Å². The highest BCUT2D eigenvalue weighted by molar-refractivity contribution is 5.96. The van der Waals surface area contributed by atoms with Crippen LogP contribution in [0.4, 0.5) is 18.9 Å². The molecule has 0 spiro atoms. The van der Waals surface area contributed by atoms with Crippen LogP contribution >= 0.6 is 0 Å². The largest absolute Gasteiger partial charge is 0.494 e. The number of aromatic nitrogens is 1. The van der Waals surface area contributed by atoms with Crippen LogP contribution in [0.1, 0.15) is 11.3 Å². The molecule has 174 valence electrons. The van der Waals surface area contributed by atoms with E-state index in [9.17, 15) is 23.1 Å². The molecule has 6 nitrogen and oxygen atoms in total. The second-order valence-corrected chi connectivity index (χ2v) is 8.03. The van der Waals surface area contributed by atoms with Crippen molar-refractivity contribution in [2.24, 2.45) is 0 Å². The summed E-state index contributed by atoms with van der Waals surface area (Å²) >= 11 is 0. The van der Waals surface area contributed by atoms with Crippen molar-refractivity contribution in [2.45, 2.75) is 18.6 Å². The van der Waals surface area contributed by atoms with E-state index in [1.54, 1.807) is 6.07 Å². The minimum atomic E-state index is -4.56. The van der Waals surface area contributed by atoms with Gasteiger partial charge in [-0.15, -0.1) is 0 Å².